The summed E-state index contributed by atoms with van der Waals surface area (Å²) in [5.74, 6) is -0.367. The Hall–Kier alpha value is -3.00. The number of carbonyl (C=O) groups is 1. The largest absolute Gasteiger partial charge is 0.472 e. The van der Waals surface area contributed by atoms with Crippen molar-refractivity contribution >= 4 is 17.4 Å². The normalized spacial score (nSPS) is 11.7. The number of aromatic nitrogens is 6. The van der Waals surface area contributed by atoms with Crippen molar-refractivity contribution in [1.29, 1.82) is 0 Å². The summed E-state index contributed by atoms with van der Waals surface area (Å²) < 4.78 is 50.9. The van der Waals surface area contributed by atoms with E-state index in [4.69, 9.17) is 10.5 Å². The summed E-state index contributed by atoms with van der Waals surface area (Å²) in [6, 6.07) is 0.863. The molecule has 0 aliphatic rings. The quantitative estimate of drug-likeness (QED) is 0.560. The highest BCUT2D eigenvalue weighted by Crippen LogP contribution is 2.32. The predicted molar refractivity (Wildman–Crippen MR) is 112 cm³/mol. The molecule has 3 aromatic rings. The number of halogens is 3. The molecule has 0 spiro atoms. The van der Waals surface area contributed by atoms with Gasteiger partial charge in [-0.05, 0) is 32.4 Å². The van der Waals surface area contributed by atoms with Crippen LogP contribution in [0, 0.1) is 6.92 Å². The zero-order valence-electron chi connectivity index (χ0n) is 18.3. The van der Waals surface area contributed by atoms with Crippen LogP contribution in [0.25, 0.3) is 11.5 Å². The maximum absolute atomic E-state index is 13.0. The predicted octanol–water partition coefficient (Wildman–Crippen LogP) is 2.01. The monoisotopic (exact) mass is 474 g/mol. The smallest absolute Gasteiger partial charge is 0.435 e. The molecule has 32 heavy (non-hydrogen) atoms. The van der Waals surface area contributed by atoms with E-state index in [0.717, 1.165) is 22.3 Å². The lowest BCUT2D eigenvalue weighted by Gasteiger charge is -2.26. The molecule has 14 heteroatoms. The molecule has 0 unspecified atom stereocenters. The van der Waals surface area contributed by atoms with Gasteiger partial charge in [0.1, 0.15) is 5.69 Å². The standard InChI is InChI=1S/C13H17F3N6O2S.C5H8N2/c1-12(2,19-9(23)5-17)6-22-7(4-8(20-22)13(14,15)16)10-18-11(24-3)25-21-10;1-5-3-6-7(2)4-5/h4H,5-6,17H2,1-3H3,(H,19,23);3-4H,1-2H3. The highest BCUT2D eigenvalue weighted by Gasteiger charge is 2.36. The highest BCUT2D eigenvalue weighted by molar-refractivity contribution is 7.07. The third kappa shape index (κ3) is 7.02. The minimum Gasteiger partial charge on any atom is -0.472 e. The molecule has 0 saturated carbocycles. The van der Waals surface area contributed by atoms with Gasteiger partial charge in [0, 0.05) is 24.8 Å². The molecule has 3 N–H and O–H groups in total. The van der Waals surface area contributed by atoms with Crippen molar-refractivity contribution in [2.45, 2.75) is 39.0 Å². The van der Waals surface area contributed by atoms with Gasteiger partial charge in [-0.2, -0.15) is 32.7 Å². The summed E-state index contributed by atoms with van der Waals surface area (Å²) >= 11 is 0.910. The first-order valence-corrected chi connectivity index (χ1v) is 10.1. The second kappa shape index (κ2) is 10.1. The third-order valence-corrected chi connectivity index (χ3v) is 4.60. The molecule has 0 aliphatic carbocycles. The van der Waals surface area contributed by atoms with Gasteiger partial charge in [-0.15, -0.1) is 0 Å². The summed E-state index contributed by atoms with van der Waals surface area (Å²) in [4.78, 5) is 15.5. The lowest BCUT2D eigenvalue weighted by Crippen LogP contribution is -2.49. The molecule has 1 amide bonds. The SMILES string of the molecule is COc1nc(-c2cc(C(F)(F)F)nn2CC(C)(C)NC(=O)CN)ns1.Cc1cnn(C)c1. The Bertz CT molecular complexity index is 1020. The Morgan fingerprint density at radius 1 is 1.34 bits per heavy atom. The molecular formula is C18H25F3N8O2S. The van der Waals surface area contributed by atoms with Crippen molar-refractivity contribution in [3.63, 3.8) is 0 Å². The van der Waals surface area contributed by atoms with Crippen LogP contribution in [-0.2, 0) is 24.6 Å². The molecule has 0 fully saturated rings. The van der Waals surface area contributed by atoms with Crippen LogP contribution in [0.4, 0.5) is 13.2 Å². The maximum Gasteiger partial charge on any atom is 0.435 e. The number of methoxy groups -OCH3 is 1. The Kier molecular flexibility index (Phi) is 7.96. The van der Waals surface area contributed by atoms with Crippen LogP contribution in [0.15, 0.2) is 18.5 Å². The maximum atomic E-state index is 13.0. The molecule has 10 nitrogen and oxygen atoms in total. The molecule has 0 bridgehead atoms. The second-order valence-electron chi connectivity index (χ2n) is 7.49. The fourth-order valence-electron chi connectivity index (χ4n) is 2.64. The van der Waals surface area contributed by atoms with Crippen LogP contribution in [0.2, 0.25) is 0 Å². The first kappa shape index (κ1) is 25.3. The van der Waals surface area contributed by atoms with Gasteiger partial charge in [0.15, 0.2) is 11.5 Å². The molecule has 3 aromatic heterocycles. The molecule has 0 aliphatic heterocycles. The second-order valence-corrected chi connectivity index (χ2v) is 8.20. The van der Waals surface area contributed by atoms with Crippen LogP contribution in [-0.4, -0.2) is 54.0 Å². The van der Waals surface area contributed by atoms with E-state index in [9.17, 15) is 18.0 Å². The van der Waals surface area contributed by atoms with Crippen molar-refractivity contribution in [1.82, 2.24) is 34.2 Å². The fourth-order valence-corrected chi connectivity index (χ4v) is 3.14. The van der Waals surface area contributed by atoms with E-state index in [0.29, 0.717) is 0 Å². The Labute approximate surface area is 186 Å². The number of hydrogen-bond donors (Lipinski definition) is 2. The highest BCUT2D eigenvalue weighted by atomic mass is 32.1. The number of nitrogens with two attached hydrogens (primary N) is 1. The van der Waals surface area contributed by atoms with Crippen LogP contribution < -0.4 is 15.8 Å². The zero-order chi connectivity index (χ0) is 24.1. The number of nitrogens with zero attached hydrogens (tertiary/aromatic N) is 6. The number of alkyl halides is 3. The topological polar surface area (TPSA) is 126 Å². The van der Waals surface area contributed by atoms with E-state index in [2.05, 4.69) is 24.9 Å². The lowest BCUT2D eigenvalue weighted by molar-refractivity contribution is -0.141. The van der Waals surface area contributed by atoms with Gasteiger partial charge in [-0.3, -0.25) is 14.2 Å². The van der Waals surface area contributed by atoms with Gasteiger partial charge in [-0.25, -0.2) is 0 Å². The number of hydrogen-bond acceptors (Lipinski definition) is 8. The molecule has 176 valence electrons. The number of nitrogens with one attached hydrogen (secondary N) is 1. The first-order chi connectivity index (χ1) is 14.8. The van der Waals surface area contributed by atoms with Gasteiger partial charge < -0.3 is 15.8 Å². The van der Waals surface area contributed by atoms with Gasteiger partial charge >= 0.3 is 6.18 Å². The molecule has 0 saturated heterocycles. The van der Waals surface area contributed by atoms with E-state index in [1.807, 2.05) is 26.4 Å². The number of carbonyl (C=O) groups excluding carboxylic acids is 1. The van der Waals surface area contributed by atoms with Crippen molar-refractivity contribution in [3.05, 3.63) is 29.7 Å². The minimum absolute atomic E-state index is 0.0360. The third-order valence-electron chi connectivity index (χ3n) is 3.92. The van der Waals surface area contributed by atoms with Crippen LogP contribution >= 0.6 is 11.5 Å². The number of ether oxygens (including phenoxy) is 1. The summed E-state index contributed by atoms with van der Waals surface area (Å²) in [6.07, 6.45) is -0.815. The summed E-state index contributed by atoms with van der Waals surface area (Å²) in [7, 11) is 3.29. The van der Waals surface area contributed by atoms with Crippen LogP contribution in [0.3, 0.4) is 0 Å². The van der Waals surface area contributed by atoms with Crippen LogP contribution in [0.1, 0.15) is 25.1 Å². The molecule has 3 heterocycles. The summed E-state index contributed by atoms with van der Waals surface area (Å²) in [5, 5.41) is 10.4. The molecule has 0 atom stereocenters. The molecular weight excluding hydrogens is 449 g/mol. The van der Waals surface area contributed by atoms with Gasteiger partial charge in [-0.1, -0.05) is 0 Å². The molecule has 0 aromatic carbocycles. The van der Waals surface area contributed by atoms with Crippen molar-refractivity contribution in [3.8, 4) is 16.7 Å². The fraction of sp³-hybridized carbons (Fsp3) is 0.500. The lowest BCUT2D eigenvalue weighted by atomic mass is 10.1. The average Bonchev–Trinajstić information content (AvgIpc) is 3.40. The van der Waals surface area contributed by atoms with E-state index in [1.54, 1.807) is 18.5 Å². The van der Waals surface area contributed by atoms with E-state index in [1.165, 1.54) is 12.7 Å². The zero-order valence-corrected chi connectivity index (χ0v) is 19.1. The molecule has 0 radical (unpaired) electrons. The van der Waals surface area contributed by atoms with Crippen molar-refractivity contribution in [2.24, 2.45) is 12.8 Å². The Morgan fingerprint density at radius 2 is 2.03 bits per heavy atom. The summed E-state index contributed by atoms with van der Waals surface area (Å²) in [6.45, 7) is 5.05. The van der Waals surface area contributed by atoms with Crippen LogP contribution in [0.5, 0.6) is 5.19 Å². The van der Waals surface area contributed by atoms with E-state index >= 15 is 0 Å². The van der Waals surface area contributed by atoms with E-state index < -0.39 is 23.3 Å². The number of rotatable bonds is 6. The van der Waals surface area contributed by atoms with E-state index in [-0.39, 0.29) is 29.8 Å². The number of aryl methyl sites for hydroxylation is 2. The average molecular weight is 475 g/mol. The molecule has 3 rings (SSSR count). The summed E-state index contributed by atoms with van der Waals surface area (Å²) in [5.41, 5.74) is 4.58. The first-order valence-electron chi connectivity index (χ1n) is 9.34. The minimum atomic E-state index is -4.62. The van der Waals surface area contributed by atoms with Crippen molar-refractivity contribution < 1.29 is 22.7 Å². The Balaban J connectivity index is 0.000000439. The van der Waals surface area contributed by atoms with Gasteiger partial charge in [0.25, 0.3) is 5.19 Å². The number of amides is 1. The Morgan fingerprint density at radius 3 is 2.47 bits per heavy atom. The van der Waals surface area contributed by atoms with Gasteiger partial charge in [0.2, 0.25) is 5.91 Å². The van der Waals surface area contributed by atoms with Crippen molar-refractivity contribution in [2.75, 3.05) is 13.7 Å². The van der Waals surface area contributed by atoms with Gasteiger partial charge in [0.05, 0.1) is 31.9 Å².